The lowest BCUT2D eigenvalue weighted by atomic mass is 10.1. The monoisotopic (exact) mass is 347 g/mol. The first kappa shape index (κ1) is 17.6. The summed E-state index contributed by atoms with van der Waals surface area (Å²) in [4.78, 5) is 23.5. The van der Waals surface area contributed by atoms with E-state index in [2.05, 4.69) is 5.32 Å². The van der Waals surface area contributed by atoms with Gasteiger partial charge in [0, 0.05) is 11.6 Å². The maximum absolute atomic E-state index is 12.4. The molecule has 2 saturated carbocycles. The van der Waals surface area contributed by atoms with Crippen molar-refractivity contribution in [3.05, 3.63) is 23.8 Å². The van der Waals surface area contributed by atoms with E-state index in [1.165, 1.54) is 12.8 Å². The molecular formula is C19H25NO5. The van der Waals surface area contributed by atoms with Crippen molar-refractivity contribution in [3.8, 4) is 11.5 Å². The van der Waals surface area contributed by atoms with Crippen LogP contribution in [0.5, 0.6) is 11.5 Å². The molecule has 0 radical (unpaired) electrons. The summed E-state index contributed by atoms with van der Waals surface area (Å²) in [5, 5.41) is 12.0. The Morgan fingerprint density at radius 3 is 2.52 bits per heavy atom. The van der Waals surface area contributed by atoms with E-state index in [4.69, 9.17) is 14.6 Å². The highest BCUT2D eigenvalue weighted by Gasteiger charge is 2.30. The highest BCUT2D eigenvalue weighted by atomic mass is 16.5. The average molecular weight is 347 g/mol. The summed E-state index contributed by atoms with van der Waals surface area (Å²) < 4.78 is 11.4. The highest BCUT2D eigenvalue weighted by Crippen LogP contribution is 2.32. The fourth-order valence-electron chi connectivity index (χ4n) is 3.70. The smallest absolute Gasteiger partial charge is 0.306 e. The number of ether oxygens (including phenoxy) is 2. The number of hydrogen-bond donors (Lipinski definition) is 2. The molecule has 2 aliphatic rings. The van der Waals surface area contributed by atoms with Crippen molar-refractivity contribution >= 4 is 11.9 Å². The number of carbonyl (C=O) groups excluding carboxylic acids is 1. The quantitative estimate of drug-likeness (QED) is 0.826. The number of methoxy groups -OCH3 is 1. The molecule has 136 valence electrons. The van der Waals surface area contributed by atoms with Crippen LogP contribution in [0.3, 0.4) is 0 Å². The second-order valence-corrected chi connectivity index (χ2v) is 6.91. The summed E-state index contributed by atoms with van der Waals surface area (Å²) >= 11 is 0. The summed E-state index contributed by atoms with van der Waals surface area (Å²) in [5.41, 5.74) is 0.495. The molecule has 0 aliphatic heterocycles. The van der Waals surface area contributed by atoms with Crippen LogP contribution in [-0.2, 0) is 4.79 Å². The Kier molecular flexibility index (Phi) is 5.46. The van der Waals surface area contributed by atoms with Gasteiger partial charge in [0.2, 0.25) is 0 Å². The molecule has 3 rings (SSSR count). The van der Waals surface area contributed by atoms with Crippen LogP contribution in [0.1, 0.15) is 55.3 Å². The van der Waals surface area contributed by atoms with Crippen LogP contribution < -0.4 is 14.8 Å². The first-order valence-corrected chi connectivity index (χ1v) is 8.95. The zero-order valence-corrected chi connectivity index (χ0v) is 14.5. The molecule has 2 atom stereocenters. The van der Waals surface area contributed by atoms with Gasteiger partial charge in [0.25, 0.3) is 5.91 Å². The first-order valence-electron chi connectivity index (χ1n) is 8.95. The second-order valence-electron chi connectivity index (χ2n) is 6.91. The van der Waals surface area contributed by atoms with Gasteiger partial charge >= 0.3 is 5.97 Å². The Morgan fingerprint density at radius 1 is 1.12 bits per heavy atom. The molecule has 2 fully saturated rings. The van der Waals surface area contributed by atoms with Crippen molar-refractivity contribution < 1.29 is 24.2 Å². The van der Waals surface area contributed by atoms with E-state index in [-0.39, 0.29) is 24.0 Å². The topological polar surface area (TPSA) is 84.9 Å². The minimum absolute atomic E-state index is 0.0889. The van der Waals surface area contributed by atoms with Gasteiger partial charge in [0.05, 0.1) is 19.1 Å². The molecule has 25 heavy (non-hydrogen) atoms. The van der Waals surface area contributed by atoms with Crippen LogP contribution in [0.4, 0.5) is 0 Å². The van der Waals surface area contributed by atoms with Gasteiger partial charge < -0.3 is 19.9 Å². The lowest BCUT2D eigenvalue weighted by Crippen LogP contribution is -2.33. The van der Waals surface area contributed by atoms with Gasteiger partial charge in [-0.25, -0.2) is 0 Å². The van der Waals surface area contributed by atoms with Crippen LogP contribution in [0.2, 0.25) is 0 Å². The standard InChI is InChI=1S/C19H25NO5/c1-24-17-11-12(7-9-16(17)25-15-4-2-3-5-15)18(21)20-14-8-6-13(10-14)19(22)23/h7,9,11,13-15H,2-6,8,10H2,1H3,(H,20,21)(H,22,23)/t13-,14+/m1/s1. The Labute approximate surface area is 147 Å². The summed E-state index contributed by atoms with van der Waals surface area (Å²) in [6.07, 6.45) is 6.50. The average Bonchev–Trinajstić information content (AvgIpc) is 3.27. The number of carboxylic acids is 1. The fraction of sp³-hybridized carbons (Fsp3) is 0.579. The van der Waals surface area contributed by atoms with E-state index >= 15 is 0 Å². The molecule has 2 N–H and O–H groups in total. The van der Waals surface area contributed by atoms with Gasteiger partial charge in [0.15, 0.2) is 11.5 Å². The normalized spacial score (nSPS) is 23.4. The number of hydrogen-bond acceptors (Lipinski definition) is 4. The predicted octanol–water partition coefficient (Wildman–Crippen LogP) is 3.00. The number of amides is 1. The Bertz CT molecular complexity index is 639. The van der Waals surface area contributed by atoms with Crippen molar-refractivity contribution in [1.29, 1.82) is 0 Å². The van der Waals surface area contributed by atoms with Crippen LogP contribution in [0.25, 0.3) is 0 Å². The van der Waals surface area contributed by atoms with Gasteiger partial charge in [-0.05, 0) is 63.1 Å². The number of rotatable bonds is 6. The lowest BCUT2D eigenvalue weighted by molar-refractivity contribution is -0.141. The van der Waals surface area contributed by atoms with E-state index in [0.29, 0.717) is 36.3 Å². The molecule has 0 unspecified atom stereocenters. The van der Waals surface area contributed by atoms with Crippen LogP contribution in [0.15, 0.2) is 18.2 Å². The first-order chi connectivity index (χ1) is 12.1. The highest BCUT2D eigenvalue weighted by molar-refractivity contribution is 5.95. The van der Waals surface area contributed by atoms with Crippen LogP contribution >= 0.6 is 0 Å². The van der Waals surface area contributed by atoms with Gasteiger partial charge in [-0.2, -0.15) is 0 Å². The maximum atomic E-state index is 12.4. The van der Waals surface area contributed by atoms with Crippen molar-refractivity contribution in [2.45, 2.75) is 57.1 Å². The number of aliphatic carboxylic acids is 1. The molecule has 0 saturated heterocycles. The zero-order chi connectivity index (χ0) is 17.8. The molecule has 2 aliphatic carbocycles. The molecular weight excluding hydrogens is 322 g/mol. The third-order valence-electron chi connectivity index (χ3n) is 5.14. The molecule has 0 spiro atoms. The lowest BCUT2D eigenvalue weighted by Gasteiger charge is -2.17. The number of nitrogens with one attached hydrogen (secondary N) is 1. The summed E-state index contributed by atoms with van der Waals surface area (Å²) in [6, 6.07) is 5.10. The van der Waals surface area contributed by atoms with Crippen LogP contribution in [-0.4, -0.2) is 36.2 Å². The Morgan fingerprint density at radius 2 is 1.88 bits per heavy atom. The molecule has 6 heteroatoms. The predicted molar refractivity (Wildman–Crippen MR) is 92.1 cm³/mol. The van der Waals surface area contributed by atoms with Crippen molar-refractivity contribution in [2.24, 2.45) is 5.92 Å². The molecule has 1 amide bonds. The number of benzene rings is 1. The SMILES string of the molecule is COc1cc(C(=O)N[C@H]2CC[C@@H](C(=O)O)C2)ccc1OC1CCCC1. The molecule has 1 aromatic carbocycles. The van der Waals surface area contributed by atoms with Gasteiger partial charge in [-0.3, -0.25) is 9.59 Å². The van der Waals surface area contributed by atoms with Crippen molar-refractivity contribution in [3.63, 3.8) is 0 Å². The third-order valence-corrected chi connectivity index (χ3v) is 5.14. The minimum atomic E-state index is -0.785. The number of carboxylic acid groups (broad SMARTS) is 1. The van der Waals surface area contributed by atoms with Gasteiger partial charge in [-0.1, -0.05) is 0 Å². The summed E-state index contributed by atoms with van der Waals surface area (Å²) in [6.45, 7) is 0. The Balaban J connectivity index is 1.63. The fourth-order valence-corrected chi connectivity index (χ4v) is 3.70. The molecule has 0 bridgehead atoms. The van der Waals surface area contributed by atoms with E-state index in [1.807, 2.05) is 0 Å². The van der Waals surface area contributed by atoms with E-state index in [9.17, 15) is 9.59 Å². The van der Waals surface area contributed by atoms with E-state index < -0.39 is 5.97 Å². The molecule has 1 aromatic rings. The largest absolute Gasteiger partial charge is 0.493 e. The zero-order valence-electron chi connectivity index (χ0n) is 14.5. The molecule has 6 nitrogen and oxygen atoms in total. The van der Waals surface area contributed by atoms with Gasteiger partial charge in [0.1, 0.15) is 0 Å². The van der Waals surface area contributed by atoms with Crippen molar-refractivity contribution in [1.82, 2.24) is 5.32 Å². The van der Waals surface area contributed by atoms with Crippen molar-refractivity contribution in [2.75, 3.05) is 7.11 Å². The maximum Gasteiger partial charge on any atom is 0.306 e. The van der Waals surface area contributed by atoms with Crippen LogP contribution in [0, 0.1) is 5.92 Å². The Hall–Kier alpha value is -2.24. The molecule has 0 aromatic heterocycles. The van der Waals surface area contributed by atoms with Gasteiger partial charge in [-0.15, -0.1) is 0 Å². The van der Waals surface area contributed by atoms with E-state index in [0.717, 1.165) is 12.8 Å². The summed E-state index contributed by atoms with van der Waals surface area (Å²) in [7, 11) is 1.56. The second kappa shape index (κ2) is 7.76. The third kappa shape index (κ3) is 4.24. The molecule has 0 heterocycles. The minimum Gasteiger partial charge on any atom is -0.493 e. The number of carbonyl (C=O) groups is 2. The summed E-state index contributed by atoms with van der Waals surface area (Å²) in [5.74, 6) is -0.136. The van der Waals surface area contributed by atoms with E-state index in [1.54, 1.807) is 25.3 Å².